The third kappa shape index (κ3) is 5.75. The summed E-state index contributed by atoms with van der Waals surface area (Å²) in [5.74, 6) is 0.0658. The summed E-state index contributed by atoms with van der Waals surface area (Å²) in [6.07, 6.45) is 6.62. The minimum absolute atomic E-state index is 0.0116. The SMILES string of the molecule is COC(=O)Nc1cc(C(CCC2CC2)(N[S+]([O-])C(C)(C)C)c2ccncc2)ccc1F. The summed E-state index contributed by atoms with van der Waals surface area (Å²) < 4.78 is 35.3. The third-order valence-electron chi connectivity index (χ3n) is 5.50. The van der Waals surface area contributed by atoms with Crippen LogP contribution < -0.4 is 10.0 Å². The van der Waals surface area contributed by atoms with E-state index in [1.807, 2.05) is 32.9 Å². The van der Waals surface area contributed by atoms with Crippen molar-refractivity contribution in [3.8, 4) is 0 Å². The minimum atomic E-state index is -1.40. The minimum Gasteiger partial charge on any atom is -0.598 e. The van der Waals surface area contributed by atoms with Crippen LogP contribution >= 0.6 is 0 Å². The molecule has 0 saturated heterocycles. The molecule has 1 aliphatic carbocycles. The maximum atomic E-state index is 14.5. The van der Waals surface area contributed by atoms with E-state index in [4.69, 9.17) is 0 Å². The number of methoxy groups -OCH3 is 1. The molecular formula is C23H30FN3O3S. The fourth-order valence-corrected chi connectivity index (χ4v) is 4.41. The number of anilines is 1. The van der Waals surface area contributed by atoms with Crippen molar-refractivity contribution in [2.45, 2.75) is 56.7 Å². The van der Waals surface area contributed by atoms with Crippen molar-refractivity contribution in [3.63, 3.8) is 0 Å². The Hall–Kier alpha value is -2.16. The molecule has 2 atom stereocenters. The van der Waals surface area contributed by atoms with Crippen molar-refractivity contribution in [3.05, 3.63) is 59.7 Å². The number of carbonyl (C=O) groups excluding carboxylic acids is 1. The molecule has 0 spiro atoms. The molecule has 31 heavy (non-hydrogen) atoms. The van der Waals surface area contributed by atoms with E-state index >= 15 is 0 Å². The molecule has 2 N–H and O–H groups in total. The molecule has 1 fully saturated rings. The summed E-state index contributed by atoms with van der Waals surface area (Å²) >= 11 is -1.40. The van der Waals surface area contributed by atoms with Crippen molar-refractivity contribution in [1.82, 2.24) is 9.71 Å². The van der Waals surface area contributed by atoms with Gasteiger partial charge in [-0.25, -0.2) is 9.18 Å². The molecule has 0 bridgehead atoms. The van der Waals surface area contributed by atoms with Gasteiger partial charge in [-0.3, -0.25) is 10.3 Å². The number of carbonyl (C=O) groups is 1. The van der Waals surface area contributed by atoms with Crippen LogP contribution in [0.3, 0.4) is 0 Å². The summed E-state index contributed by atoms with van der Waals surface area (Å²) in [5, 5.41) is 2.43. The van der Waals surface area contributed by atoms with Gasteiger partial charge in [0, 0.05) is 23.8 Å². The van der Waals surface area contributed by atoms with Gasteiger partial charge in [0.2, 0.25) is 0 Å². The summed E-state index contributed by atoms with van der Waals surface area (Å²) in [7, 11) is 1.22. The number of hydrogen-bond donors (Lipinski definition) is 2. The number of benzene rings is 1. The van der Waals surface area contributed by atoms with Gasteiger partial charge in [-0.15, -0.1) is 4.72 Å². The second-order valence-corrected chi connectivity index (χ2v) is 10.9. The van der Waals surface area contributed by atoms with E-state index in [-0.39, 0.29) is 5.69 Å². The molecule has 1 heterocycles. The fourth-order valence-electron chi connectivity index (χ4n) is 3.45. The Morgan fingerprint density at radius 3 is 2.48 bits per heavy atom. The Morgan fingerprint density at radius 2 is 1.90 bits per heavy atom. The Labute approximate surface area is 186 Å². The average molecular weight is 448 g/mol. The first-order valence-electron chi connectivity index (χ1n) is 10.4. The zero-order valence-corrected chi connectivity index (χ0v) is 19.2. The molecule has 1 saturated carbocycles. The van der Waals surface area contributed by atoms with Gasteiger partial charge in [0.1, 0.15) is 16.1 Å². The largest absolute Gasteiger partial charge is 0.598 e. The lowest BCUT2D eigenvalue weighted by molar-refractivity contribution is 0.186. The first-order valence-corrected chi connectivity index (χ1v) is 11.6. The van der Waals surface area contributed by atoms with Crippen LogP contribution in [-0.4, -0.2) is 27.5 Å². The van der Waals surface area contributed by atoms with E-state index in [2.05, 4.69) is 19.8 Å². The van der Waals surface area contributed by atoms with Crippen LogP contribution in [0.15, 0.2) is 42.7 Å². The highest BCUT2D eigenvalue weighted by Gasteiger charge is 2.43. The van der Waals surface area contributed by atoms with E-state index < -0.39 is 33.6 Å². The molecule has 8 heteroatoms. The number of ether oxygens (including phenoxy) is 1. The molecule has 2 aromatic rings. The molecule has 1 aromatic carbocycles. The van der Waals surface area contributed by atoms with Gasteiger partial charge in [0.25, 0.3) is 0 Å². The molecule has 1 aromatic heterocycles. The van der Waals surface area contributed by atoms with Gasteiger partial charge in [-0.05, 0) is 74.9 Å². The Kier molecular flexibility index (Phi) is 7.24. The van der Waals surface area contributed by atoms with Gasteiger partial charge >= 0.3 is 6.09 Å². The molecule has 3 rings (SSSR count). The first kappa shape index (κ1) is 23.5. The normalized spacial score (nSPS) is 17.0. The standard InChI is InChI=1S/C23H30FN3O3S/c1-22(2,3)31(29)27-23(12-9-16-5-6-16,17-10-13-25-14-11-17)18-7-8-19(24)20(15-18)26-21(28)30-4/h7-8,10-11,13-16,27H,5-6,9,12H2,1-4H3,(H,26,28). The lowest BCUT2D eigenvalue weighted by Crippen LogP contribution is -2.52. The molecule has 1 aliphatic rings. The number of rotatable bonds is 8. The maximum absolute atomic E-state index is 14.5. The molecule has 0 aliphatic heterocycles. The Balaban J connectivity index is 2.13. The van der Waals surface area contributed by atoms with Crippen LogP contribution in [0.4, 0.5) is 14.9 Å². The molecule has 168 valence electrons. The number of pyridine rings is 1. The number of nitrogens with one attached hydrogen (secondary N) is 2. The summed E-state index contributed by atoms with van der Waals surface area (Å²) in [5.41, 5.74) is 0.767. The molecule has 0 radical (unpaired) electrons. The van der Waals surface area contributed by atoms with Crippen molar-refractivity contribution in [1.29, 1.82) is 0 Å². The Bertz CT molecular complexity index is 903. The van der Waals surface area contributed by atoms with Crippen LogP contribution in [0.25, 0.3) is 0 Å². The predicted octanol–water partition coefficient (Wildman–Crippen LogP) is 4.88. The molecule has 2 unspecified atom stereocenters. The van der Waals surface area contributed by atoms with Gasteiger partial charge in [0.15, 0.2) is 0 Å². The van der Waals surface area contributed by atoms with E-state index in [1.54, 1.807) is 24.5 Å². The molecular weight excluding hydrogens is 417 g/mol. The van der Waals surface area contributed by atoms with Crippen LogP contribution in [0.1, 0.15) is 57.6 Å². The number of amides is 1. The zero-order valence-electron chi connectivity index (χ0n) is 18.4. The second kappa shape index (κ2) is 9.54. The molecule has 6 nitrogen and oxygen atoms in total. The van der Waals surface area contributed by atoms with Crippen LogP contribution in [0.5, 0.6) is 0 Å². The van der Waals surface area contributed by atoms with Crippen LogP contribution in [0.2, 0.25) is 0 Å². The average Bonchev–Trinajstić information content (AvgIpc) is 3.57. The van der Waals surface area contributed by atoms with E-state index in [1.165, 1.54) is 26.0 Å². The lowest BCUT2D eigenvalue weighted by Gasteiger charge is -2.38. The van der Waals surface area contributed by atoms with E-state index in [0.717, 1.165) is 12.0 Å². The first-order chi connectivity index (χ1) is 14.7. The fraction of sp³-hybridized carbons (Fsp3) is 0.478. The van der Waals surface area contributed by atoms with Crippen molar-refractivity contribution in [2.75, 3.05) is 12.4 Å². The van der Waals surface area contributed by atoms with Crippen LogP contribution in [0, 0.1) is 11.7 Å². The highest BCUT2D eigenvalue weighted by atomic mass is 32.2. The number of aromatic nitrogens is 1. The predicted molar refractivity (Wildman–Crippen MR) is 120 cm³/mol. The third-order valence-corrected chi connectivity index (χ3v) is 7.15. The smallest absolute Gasteiger partial charge is 0.411 e. The quantitative estimate of drug-likeness (QED) is 0.563. The van der Waals surface area contributed by atoms with Gasteiger partial charge in [0.05, 0.1) is 12.8 Å². The monoisotopic (exact) mass is 447 g/mol. The number of nitrogens with zero attached hydrogens (tertiary/aromatic N) is 1. The van der Waals surface area contributed by atoms with E-state index in [9.17, 15) is 13.7 Å². The number of hydrogen-bond acceptors (Lipinski definition) is 5. The van der Waals surface area contributed by atoms with Gasteiger partial charge in [-0.2, -0.15) is 0 Å². The topological polar surface area (TPSA) is 86.3 Å². The van der Waals surface area contributed by atoms with E-state index in [0.29, 0.717) is 17.9 Å². The van der Waals surface area contributed by atoms with Gasteiger partial charge < -0.3 is 9.29 Å². The van der Waals surface area contributed by atoms with Crippen molar-refractivity contribution < 1.29 is 18.5 Å². The van der Waals surface area contributed by atoms with Crippen molar-refractivity contribution >= 4 is 23.1 Å². The highest BCUT2D eigenvalue weighted by Crippen LogP contribution is 2.42. The van der Waals surface area contributed by atoms with Crippen LogP contribution in [-0.2, 0) is 21.6 Å². The lowest BCUT2D eigenvalue weighted by atomic mass is 9.79. The summed E-state index contributed by atoms with van der Waals surface area (Å²) in [6.45, 7) is 5.72. The van der Waals surface area contributed by atoms with Gasteiger partial charge in [-0.1, -0.05) is 18.9 Å². The summed E-state index contributed by atoms with van der Waals surface area (Å²) in [6, 6.07) is 8.35. The molecule has 1 amide bonds. The maximum Gasteiger partial charge on any atom is 0.411 e. The Morgan fingerprint density at radius 1 is 1.23 bits per heavy atom. The summed E-state index contributed by atoms with van der Waals surface area (Å²) in [4.78, 5) is 15.9. The highest BCUT2D eigenvalue weighted by molar-refractivity contribution is 7.90. The zero-order chi connectivity index (χ0) is 22.6. The second-order valence-electron chi connectivity index (χ2n) is 8.92. The number of halogens is 1. The van der Waals surface area contributed by atoms with Crippen molar-refractivity contribution in [2.24, 2.45) is 5.92 Å².